The molecule has 0 aliphatic rings. The van der Waals surface area contributed by atoms with Gasteiger partial charge in [-0.15, -0.1) is 0 Å². The van der Waals surface area contributed by atoms with Crippen LogP contribution >= 0.6 is 11.6 Å². The first-order valence-corrected chi connectivity index (χ1v) is 7.54. The zero-order valence-corrected chi connectivity index (χ0v) is 14.2. The van der Waals surface area contributed by atoms with Gasteiger partial charge in [0.1, 0.15) is 0 Å². The third-order valence-electron chi connectivity index (χ3n) is 3.26. The SMILES string of the molecule is COc1c(Cl)cc(C(=O)O)cc1NC(=O)/C=C/c1cccc([N+](=O)[O-])c1. The number of nitro benzene ring substituents is 1. The topological polar surface area (TPSA) is 119 Å². The van der Waals surface area contributed by atoms with E-state index < -0.39 is 16.8 Å². The summed E-state index contributed by atoms with van der Waals surface area (Å²) in [6, 6.07) is 8.16. The third kappa shape index (κ3) is 4.58. The molecule has 0 saturated carbocycles. The number of nitro groups is 1. The predicted molar refractivity (Wildman–Crippen MR) is 95.7 cm³/mol. The van der Waals surface area contributed by atoms with Crippen LogP contribution < -0.4 is 10.1 Å². The summed E-state index contributed by atoms with van der Waals surface area (Å²) in [4.78, 5) is 33.4. The van der Waals surface area contributed by atoms with E-state index in [9.17, 15) is 19.7 Å². The lowest BCUT2D eigenvalue weighted by Gasteiger charge is -2.11. The Bertz CT molecular complexity index is 910. The van der Waals surface area contributed by atoms with Gasteiger partial charge < -0.3 is 15.2 Å². The lowest BCUT2D eigenvalue weighted by Crippen LogP contribution is -2.10. The molecule has 0 radical (unpaired) electrons. The Kier molecular flexibility index (Phi) is 5.92. The molecule has 0 atom stereocenters. The van der Waals surface area contributed by atoms with E-state index in [1.54, 1.807) is 6.07 Å². The van der Waals surface area contributed by atoms with Gasteiger partial charge in [0.25, 0.3) is 5.69 Å². The maximum Gasteiger partial charge on any atom is 0.335 e. The van der Waals surface area contributed by atoms with Gasteiger partial charge in [0, 0.05) is 18.2 Å². The fraction of sp³-hybridized carbons (Fsp3) is 0.0588. The molecule has 2 N–H and O–H groups in total. The van der Waals surface area contributed by atoms with Crippen molar-refractivity contribution in [1.29, 1.82) is 0 Å². The van der Waals surface area contributed by atoms with Crippen LogP contribution in [0.25, 0.3) is 6.08 Å². The van der Waals surface area contributed by atoms with Crippen molar-refractivity contribution in [2.45, 2.75) is 0 Å². The van der Waals surface area contributed by atoms with Crippen molar-refractivity contribution >= 4 is 40.9 Å². The second kappa shape index (κ2) is 8.13. The number of carbonyl (C=O) groups is 2. The van der Waals surface area contributed by atoms with Gasteiger partial charge >= 0.3 is 5.97 Å². The Balaban J connectivity index is 2.23. The number of ether oxygens (including phenoxy) is 1. The molecule has 2 rings (SSSR count). The molecule has 0 spiro atoms. The first-order valence-electron chi connectivity index (χ1n) is 7.16. The van der Waals surface area contributed by atoms with E-state index in [1.165, 1.54) is 43.5 Å². The molecule has 8 nitrogen and oxygen atoms in total. The van der Waals surface area contributed by atoms with Crippen molar-refractivity contribution in [2.24, 2.45) is 0 Å². The van der Waals surface area contributed by atoms with Gasteiger partial charge in [-0.05, 0) is 23.8 Å². The van der Waals surface area contributed by atoms with E-state index in [0.717, 1.165) is 6.08 Å². The molecule has 0 saturated heterocycles. The van der Waals surface area contributed by atoms with Crippen LogP contribution in [0, 0.1) is 10.1 Å². The summed E-state index contributed by atoms with van der Waals surface area (Å²) in [5, 5.41) is 22.3. The van der Waals surface area contributed by atoms with Crippen molar-refractivity contribution < 1.29 is 24.4 Å². The van der Waals surface area contributed by atoms with Crippen LogP contribution in [-0.2, 0) is 4.79 Å². The number of nitrogens with zero attached hydrogens (tertiary/aromatic N) is 1. The van der Waals surface area contributed by atoms with E-state index in [-0.39, 0.29) is 27.7 Å². The van der Waals surface area contributed by atoms with Crippen LogP contribution in [0.4, 0.5) is 11.4 Å². The summed E-state index contributed by atoms with van der Waals surface area (Å²) in [6.07, 6.45) is 2.54. The van der Waals surface area contributed by atoms with Crippen molar-refractivity contribution in [1.82, 2.24) is 0 Å². The number of carbonyl (C=O) groups excluding carboxylic acids is 1. The van der Waals surface area contributed by atoms with Crippen molar-refractivity contribution in [3.8, 4) is 5.75 Å². The van der Waals surface area contributed by atoms with Crippen LogP contribution in [-0.4, -0.2) is 29.0 Å². The minimum atomic E-state index is -1.21. The fourth-order valence-corrected chi connectivity index (χ4v) is 2.40. The molecule has 26 heavy (non-hydrogen) atoms. The van der Waals surface area contributed by atoms with E-state index in [4.69, 9.17) is 21.4 Å². The van der Waals surface area contributed by atoms with Crippen molar-refractivity contribution in [3.05, 3.63) is 68.7 Å². The average molecular weight is 377 g/mol. The zero-order valence-electron chi connectivity index (χ0n) is 13.4. The average Bonchev–Trinajstić information content (AvgIpc) is 2.60. The smallest absolute Gasteiger partial charge is 0.335 e. The molecule has 2 aromatic carbocycles. The fourth-order valence-electron chi connectivity index (χ4n) is 2.11. The number of halogens is 1. The summed E-state index contributed by atoms with van der Waals surface area (Å²) >= 11 is 5.96. The third-order valence-corrected chi connectivity index (χ3v) is 3.54. The van der Waals surface area contributed by atoms with E-state index in [1.807, 2.05) is 0 Å². The highest BCUT2D eigenvalue weighted by Gasteiger charge is 2.15. The van der Waals surface area contributed by atoms with E-state index >= 15 is 0 Å². The van der Waals surface area contributed by atoms with Gasteiger partial charge in [-0.3, -0.25) is 14.9 Å². The molecule has 0 fully saturated rings. The summed E-state index contributed by atoms with van der Waals surface area (Å²) in [5.74, 6) is -1.68. The number of hydrogen-bond donors (Lipinski definition) is 2. The molecular formula is C17H13ClN2O6. The summed E-state index contributed by atoms with van der Waals surface area (Å²) in [7, 11) is 1.33. The Labute approximate surface area is 152 Å². The molecular weight excluding hydrogens is 364 g/mol. The second-order valence-corrected chi connectivity index (χ2v) is 5.43. The predicted octanol–water partition coefficient (Wildman–Crippen LogP) is 3.61. The molecule has 0 heterocycles. The number of carboxylic acids is 1. The van der Waals surface area contributed by atoms with Crippen LogP contribution in [0.15, 0.2) is 42.5 Å². The minimum Gasteiger partial charge on any atom is -0.493 e. The summed E-state index contributed by atoms with van der Waals surface area (Å²) in [6.45, 7) is 0. The number of non-ortho nitro benzene ring substituents is 1. The van der Waals surface area contributed by atoms with Gasteiger partial charge in [0.2, 0.25) is 5.91 Å². The largest absolute Gasteiger partial charge is 0.493 e. The number of rotatable bonds is 6. The maximum atomic E-state index is 12.1. The highest BCUT2D eigenvalue weighted by atomic mass is 35.5. The monoisotopic (exact) mass is 376 g/mol. The van der Waals surface area contributed by atoms with Gasteiger partial charge in [0.05, 0.1) is 28.3 Å². The number of aromatic carboxylic acids is 1. The summed E-state index contributed by atoms with van der Waals surface area (Å²) in [5.41, 5.74) is 0.327. The zero-order chi connectivity index (χ0) is 19.3. The molecule has 9 heteroatoms. The van der Waals surface area contributed by atoms with Gasteiger partial charge in [0.15, 0.2) is 5.75 Å². The van der Waals surface area contributed by atoms with Crippen LogP contribution in [0.5, 0.6) is 5.75 Å². The van der Waals surface area contributed by atoms with Crippen LogP contribution in [0.3, 0.4) is 0 Å². The highest BCUT2D eigenvalue weighted by molar-refractivity contribution is 6.33. The minimum absolute atomic E-state index is 0.0327. The first-order chi connectivity index (χ1) is 12.3. The van der Waals surface area contributed by atoms with E-state index in [0.29, 0.717) is 5.56 Å². The number of benzene rings is 2. The summed E-state index contributed by atoms with van der Waals surface area (Å²) < 4.78 is 5.08. The lowest BCUT2D eigenvalue weighted by atomic mass is 10.1. The van der Waals surface area contributed by atoms with Crippen molar-refractivity contribution in [3.63, 3.8) is 0 Å². The Morgan fingerprint density at radius 2 is 2.04 bits per heavy atom. The molecule has 0 aliphatic carbocycles. The van der Waals surface area contributed by atoms with E-state index in [2.05, 4.69) is 5.32 Å². The van der Waals surface area contributed by atoms with Gasteiger partial charge in [-0.25, -0.2) is 4.79 Å². The highest BCUT2D eigenvalue weighted by Crippen LogP contribution is 2.34. The number of methoxy groups -OCH3 is 1. The van der Waals surface area contributed by atoms with Crippen LogP contribution in [0.1, 0.15) is 15.9 Å². The molecule has 0 unspecified atom stereocenters. The van der Waals surface area contributed by atoms with Gasteiger partial charge in [-0.1, -0.05) is 23.7 Å². The quantitative estimate of drug-likeness (QED) is 0.451. The first kappa shape index (κ1) is 18.9. The Morgan fingerprint density at radius 3 is 2.65 bits per heavy atom. The van der Waals surface area contributed by atoms with Crippen LogP contribution in [0.2, 0.25) is 5.02 Å². The number of nitrogens with one attached hydrogen (secondary N) is 1. The number of carboxylic acid groups (broad SMARTS) is 1. The molecule has 0 bridgehead atoms. The maximum absolute atomic E-state index is 12.1. The lowest BCUT2D eigenvalue weighted by molar-refractivity contribution is -0.384. The van der Waals surface area contributed by atoms with Crippen molar-refractivity contribution in [2.75, 3.05) is 12.4 Å². The number of anilines is 1. The Hall–Kier alpha value is -3.39. The molecule has 134 valence electrons. The number of hydrogen-bond acceptors (Lipinski definition) is 5. The normalized spacial score (nSPS) is 10.5. The second-order valence-electron chi connectivity index (χ2n) is 5.02. The molecule has 1 amide bonds. The molecule has 0 aromatic heterocycles. The molecule has 0 aliphatic heterocycles. The Morgan fingerprint density at radius 1 is 1.31 bits per heavy atom. The number of amides is 1. The molecule has 2 aromatic rings. The standard InChI is InChI=1S/C17H13ClN2O6/c1-26-16-13(18)8-11(17(22)23)9-14(16)19-15(21)6-5-10-3-2-4-12(7-10)20(24)25/h2-9H,1H3,(H,19,21)(H,22,23)/b6-5+. The van der Waals surface area contributed by atoms with Gasteiger partial charge in [-0.2, -0.15) is 0 Å².